The number of carbonyl (C=O) groups excluding carboxylic acids is 1. The van der Waals surface area contributed by atoms with Crippen LogP contribution < -0.4 is 5.32 Å². The Balaban J connectivity index is 1.62. The molecule has 1 aliphatic carbocycles. The lowest BCUT2D eigenvalue weighted by atomic mass is 10.1. The molecule has 32 heavy (non-hydrogen) atoms. The number of fused-ring (bicyclic) bond motifs is 1. The molecule has 5 rings (SSSR count). The molecular weight excluding hydrogens is 448 g/mol. The van der Waals surface area contributed by atoms with E-state index in [2.05, 4.69) is 10.4 Å². The molecule has 9 heteroatoms. The highest BCUT2D eigenvalue weighted by Crippen LogP contribution is 2.41. The van der Waals surface area contributed by atoms with Crippen molar-refractivity contribution in [3.05, 3.63) is 51.3 Å². The molecule has 0 bridgehead atoms. The number of nitrogens with zero attached hydrogens (tertiary/aromatic N) is 3. The van der Waals surface area contributed by atoms with E-state index in [1.165, 1.54) is 0 Å². The Bertz CT molecular complexity index is 1350. The van der Waals surface area contributed by atoms with Crippen LogP contribution in [0.1, 0.15) is 64.1 Å². The van der Waals surface area contributed by atoms with E-state index in [1.54, 1.807) is 4.68 Å². The summed E-state index contributed by atoms with van der Waals surface area (Å²) in [4.78, 5) is 18.3. The summed E-state index contributed by atoms with van der Waals surface area (Å²) in [6.07, 6.45) is 2.58. The zero-order valence-electron chi connectivity index (χ0n) is 18.3. The minimum Gasteiger partial charge on any atom is -0.320 e. The molecule has 1 amide bonds. The minimum absolute atomic E-state index is 0.0538. The minimum atomic E-state index is -3.08. The number of halogens is 1. The molecule has 1 atom stereocenters. The van der Waals surface area contributed by atoms with Gasteiger partial charge in [0.2, 0.25) is 0 Å². The van der Waals surface area contributed by atoms with Gasteiger partial charge in [-0.05, 0) is 63.3 Å². The van der Waals surface area contributed by atoms with Crippen molar-refractivity contribution >= 4 is 44.1 Å². The van der Waals surface area contributed by atoms with Crippen LogP contribution >= 0.6 is 11.6 Å². The van der Waals surface area contributed by atoms with Gasteiger partial charge in [-0.3, -0.25) is 4.79 Å². The van der Waals surface area contributed by atoms with E-state index < -0.39 is 9.84 Å². The maximum absolute atomic E-state index is 13.5. The van der Waals surface area contributed by atoms with Crippen LogP contribution in [0.3, 0.4) is 0 Å². The van der Waals surface area contributed by atoms with Gasteiger partial charge in [0.05, 0.1) is 44.9 Å². The van der Waals surface area contributed by atoms with E-state index in [4.69, 9.17) is 16.6 Å². The van der Waals surface area contributed by atoms with Gasteiger partial charge in [-0.1, -0.05) is 17.7 Å². The summed E-state index contributed by atoms with van der Waals surface area (Å²) in [5.74, 6) is 0.262. The third-order valence-corrected chi connectivity index (χ3v) is 8.37. The first-order chi connectivity index (χ1) is 15.1. The van der Waals surface area contributed by atoms with Crippen molar-refractivity contribution in [2.24, 2.45) is 0 Å². The number of nitrogens with one attached hydrogen (secondary N) is 1. The van der Waals surface area contributed by atoms with Gasteiger partial charge in [0.1, 0.15) is 0 Å². The third kappa shape index (κ3) is 3.79. The number of hydrogen-bond donors (Lipinski definition) is 1. The van der Waals surface area contributed by atoms with Crippen molar-refractivity contribution in [2.75, 3.05) is 16.8 Å². The molecule has 3 heterocycles. The fraction of sp³-hybridized carbons (Fsp3) is 0.435. The molecular formula is C23H25ClN4O3S. The largest absolute Gasteiger partial charge is 0.320 e. The summed E-state index contributed by atoms with van der Waals surface area (Å²) in [6, 6.07) is 5.40. The van der Waals surface area contributed by atoms with Crippen molar-refractivity contribution < 1.29 is 13.2 Å². The van der Waals surface area contributed by atoms with E-state index in [0.29, 0.717) is 45.3 Å². The van der Waals surface area contributed by atoms with E-state index in [1.807, 2.05) is 39.0 Å². The van der Waals surface area contributed by atoms with Crippen LogP contribution in [-0.4, -0.2) is 40.6 Å². The van der Waals surface area contributed by atoms with Gasteiger partial charge in [-0.15, -0.1) is 0 Å². The standard InChI is InChI=1S/C23H25ClN4O3S/c1-12-8-13(2)21(18(24)9-12)26-23(29)17-10-19(15-4-5-15)25-22-20(17)14(3)27-28(22)16-6-7-32(30,31)11-16/h8-10,15-16H,4-7,11H2,1-3H3,(H,26,29)/t16-/m0/s1. The molecule has 2 fully saturated rings. The molecule has 0 unspecified atom stereocenters. The summed E-state index contributed by atoms with van der Waals surface area (Å²) in [5, 5.41) is 8.78. The Morgan fingerprint density at radius 2 is 1.91 bits per heavy atom. The molecule has 0 spiro atoms. The third-order valence-electron chi connectivity index (χ3n) is 6.32. The number of benzene rings is 1. The van der Waals surface area contributed by atoms with E-state index in [0.717, 1.165) is 29.7 Å². The average molecular weight is 473 g/mol. The normalized spacial score (nSPS) is 20.1. The Kier molecular flexibility index (Phi) is 5.05. The molecule has 2 aromatic heterocycles. The van der Waals surface area contributed by atoms with Crippen LogP contribution in [0.2, 0.25) is 5.02 Å². The van der Waals surface area contributed by atoms with Gasteiger partial charge >= 0.3 is 0 Å². The second kappa shape index (κ2) is 7.56. The van der Waals surface area contributed by atoms with Crippen molar-refractivity contribution in [2.45, 2.75) is 52.0 Å². The lowest BCUT2D eigenvalue weighted by Gasteiger charge is -2.14. The Morgan fingerprint density at radius 3 is 2.53 bits per heavy atom. The number of sulfone groups is 1. The second-order valence-corrected chi connectivity index (χ2v) is 11.7. The Hall–Kier alpha value is -2.45. The molecule has 7 nitrogen and oxygen atoms in total. The highest BCUT2D eigenvalue weighted by atomic mass is 35.5. The van der Waals surface area contributed by atoms with Crippen LogP contribution in [0.25, 0.3) is 11.0 Å². The summed E-state index contributed by atoms with van der Waals surface area (Å²) in [5.41, 5.74) is 5.11. The molecule has 1 N–H and O–H groups in total. The van der Waals surface area contributed by atoms with Crippen molar-refractivity contribution in [3.63, 3.8) is 0 Å². The summed E-state index contributed by atoms with van der Waals surface area (Å²) in [6.45, 7) is 5.71. The molecule has 3 aromatic rings. The van der Waals surface area contributed by atoms with Crippen molar-refractivity contribution in [3.8, 4) is 0 Å². The molecule has 168 valence electrons. The summed E-state index contributed by atoms with van der Waals surface area (Å²) < 4.78 is 25.9. The number of hydrogen-bond acceptors (Lipinski definition) is 5. The highest BCUT2D eigenvalue weighted by molar-refractivity contribution is 7.91. The van der Waals surface area contributed by atoms with Crippen LogP contribution in [0, 0.1) is 20.8 Å². The molecule has 0 radical (unpaired) electrons. The zero-order valence-corrected chi connectivity index (χ0v) is 19.8. The highest BCUT2D eigenvalue weighted by Gasteiger charge is 2.34. The topological polar surface area (TPSA) is 93.9 Å². The van der Waals surface area contributed by atoms with Crippen molar-refractivity contribution in [1.82, 2.24) is 14.8 Å². The monoisotopic (exact) mass is 472 g/mol. The number of aromatic nitrogens is 3. The molecule has 1 saturated carbocycles. The zero-order chi connectivity index (χ0) is 22.8. The van der Waals surface area contributed by atoms with Gasteiger partial charge in [0.15, 0.2) is 15.5 Å². The quantitative estimate of drug-likeness (QED) is 0.603. The van der Waals surface area contributed by atoms with E-state index in [-0.39, 0.29) is 23.5 Å². The molecule has 1 saturated heterocycles. The fourth-order valence-electron chi connectivity index (χ4n) is 4.58. The SMILES string of the molecule is Cc1cc(C)c(NC(=O)c2cc(C3CC3)nc3c2c(C)nn3[C@H]2CCS(=O)(=O)C2)c(Cl)c1. The van der Waals surface area contributed by atoms with Crippen LogP contribution in [-0.2, 0) is 9.84 Å². The van der Waals surface area contributed by atoms with Crippen LogP contribution in [0.4, 0.5) is 5.69 Å². The van der Waals surface area contributed by atoms with Crippen LogP contribution in [0.5, 0.6) is 0 Å². The van der Waals surface area contributed by atoms with Gasteiger partial charge in [0.25, 0.3) is 5.91 Å². The molecule has 1 aliphatic heterocycles. The fourth-order valence-corrected chi connectivity index (χ4v) is 6.64. The first-order valence-corrected chi connectivity index (χ1v) is 13.0. The lowest BCUT2D eigenvalue weighted by molar-refractivity contribution is 0.102. The van der Waals surface area contributed by atoms with Crippen molar-refractivity contribution in [1.29, 1.82) is 0 Å². The number of amides is 1. The van der Waals surface area contributed by atoms with Gasteiger partial charge in [-0.2, -0.15) is 5.10 Å². The smallest absolute Gasteiger partial charge is 0.256 e. The molecule has 2 aliphatic rings. The number of carbonyl (C=O) groups is 1. The Labute approximate surface area is 192 Å². The summed E-state index contributed by atoms with van der Waals surface area (Å²) in [7, 11) is -3.08. The number of rotatable bonds is 4. The van der Waals surface area contributed by atoms with E-state index in [9.17, 15) is 13.2 Å². The average Bonchev–Trinajstić information content (AvgIpc) is 3.43. The number of anilines is 1. The lowest BCUT2D eigenvalue weighted by Crippen LogP contribution is -2.16. The maximum Gasteiger partial charge on any atom is 0.256 e. The number of pyridine rings is 1. The maximum atomic E-state index is 13.5. The number of aryl methyl sites for hydroxylation is 3. The predicted octanol–water partition coefficient (Wildman–Crippen LogP) is 4.50. The summed E-state index contributed by atoms with van der Waals surface area (Å²) >= 11 is 6.42. The first-order valence-electron chi connectivity index (χ1n) is 10.8. The second-order valence-electron chi connectivity index (χ2n) is 9.05. The van der Waals surface area contributed by atoms with E-state index >= 15 is 0 Å². The Morgan fingerprint density at radius 1 is 1.16 bits per heavy atom. The van der Waals surface area contributed by atoms with Crippen LogP contribution in [0.15, 0.2) is 18.2 Å². The predicted molar refractivity (Wildman–Crippen MR) is 125 cm³/mol. The first kappa shape index (κ1) is 21.4. The van der Waals surface area contributed by atoms with Gasteiger partial charge in [-0.25, -0.2) is 18.1 Å². The van der Waals surface area contributed by atoms with Gasteiger partial charge < -0.3 is 5.32 Å². The molecule has 1 aromatic carbocycles. The van der Waals surface area contributed by atoms with Gasteiger partial charge in [0, 0.05) is 11.6 Å².